The van der Waals surface area contributed by atoms with E-state index in [9.17, 15) is 18.0 Å². The molecule has 0 aliphatic heterocycles. The molecule has 0 saturated carbocycles. The second-order valence-corrected chi connectivity index (χ2v) is 6.90. The van der Waals surface area contributed by atoms with E-state index in [-0.39, 0.29) is 33.4 Å². The van der Waals surface area contributed by atoms with Crippen LogP contribution in [-0.4, -0.2) is 48.5 Å². The van der Waals surface area contributed by atoms with E-state index in [0.29, 0.717) is 16.5 Å². The van der Waals surface area contributed by atoms with Gasteiger partial charge in [-0.05, 0) is 0 Å². The predicted octanol–water partition coefficient (Wildman–Crippen LogP) is 3.35. The lowest BCUT2D eigenvalue weighted by Gasteiger charge is -2.26. The van der Waals surface area contributed by atoms with Gasteiger partial charge >= 0.3 is 6.30 Å². The van der Waals surface area contributed by atoms with Crippen molar-refractivity contribution in [2.75, 3.05) is 17.3 Å². The van der Waals surface area contributed by atoms with Gasteiger partial charge in [0.05, 0.1) is 28.5 Å². The van der Waals surface area contributed by atoms with E-state index in [2.05, 4.69) is 40.4 Å². The van der Waals surface area contributed by atoms with Crippen molar-refractivity contribution in [1.29, 1.82) is 0 Å². The first-order valence-electron chi connectivity index (χ1n) is 9.55. The number of benzene rings is 1. The lowest BCUT2D eigenvalue weighted by molar-refractivity contribution is -0.121. The van der Waals surface area contributed by atoms with Crippen LogP contribution < -0.4 is 15.8 Å². The fourth-order valence-corrected chi connectivity index (χ4v) is 3.61. The number of anilines is 3. The molecule has 4 aromatic heterocycles. The summed E-state index contributed by atoms with van der Waals surface area (Å²) in [5, 5.41) is 9.35. The van der Waals surface area contributed by atoms with Crippen molar-refractivity contribution in [3.05, 3.63) is 59.4 Å². The van der Waals surface area contributed by atoms with E-state index >= 15 is 0 Å². The van der Waals surface area contributed by atoms with Crippen LogP contribution in [0.25, 0.3) is 33.2 Å². The Kier molecular flexibility index (Phi) is 4.65. The number of pyridine rings is 1. The van der Waals surface area contributed by atoms with E-state index in [1.165, 1.54) is 12.5 Å². The van der Waals surface area contributed by atoms with Crippen LogP contribution in [0.1, 0.15) is 0 Å². The number of aromatic nitrogens is 7. The van der Waals surface area contributed by atoms with Crippen molar-refractivity contribution < 1.29 is 13.2 Å². The third-order valence-electron chi connectivity index (χ3n) is 4.91. The van der Waals surface area contributed by atoms with Crippen LogP contribution in [0.2, 0.25) is 0 Å². The summed E-state index contributed by atoms with van der Waals surface area (Å²) in [6.07, 6.45) is -0.790. The molecule has 0 fully saturated rings. The van der Waals surface area contributed by atoms with Gasteiger partial charge in [-0.15, -0.1) is 13.2 Å². The molecule has 5 aromatic rings. The van der Waals surface area contributed by atoms with Gasteiger partial charge in [0.2, 0.25) is 5.95 Å². The molecular weight excluding hydrogens is 439 g/mol. The molecule has 0 unspecified atom stereocenters. The molecule has 166 valence electrons. The highest BCUT2D eigenvalue weighted by molar-refractivity contribution is 6.06. The number of nitrogens with one attached hydrogen (secondary N) is 3. The Morgan fingerprint density at radius 3 is 2.73 bits per heavy atom. The van der Waals surface area contributed by atoms with Gasteiger partial charge in [0, 0.05) is 36.3 Å². The minimum Gasteiger partial charge on any atom is -0.357 e. The Balaban J connectivity index is 1.94. The molecule has 0 radical (unpaired) electrons. The molecule has 5 rings (SSSR count). The van der Waals surface area contributed by atoms with Crippen molar-refractivity contribution in [2.24, 2.45) is 0 Å². The number of hydrogen-bond donors (Lipinski definition) is 3. The van der Waals surface area contributed by atoms with E-state index < -0.39 is 17.5 Å². The molecule has 0 atom stereocenters. The summed E-state index contributed by atoms with van der Waals surface area (Å²) in [5.74, 6) is -0.269. The van der Waals surface area contributed by atoms with E-state index in [4.69, 9.17) is 0 Å². The Bertz CT molecular complexity index is 1520. The number of fused-ring (bicyclic) bond motifs is 2. The second kappa shape index (κ2) is 7.55. The maximum absolute atomic E-state index is 14.3. The number of H-pyrrole nitrogens is 2. The molecule has 13 heteroatoms. The van der Waals surface area contributed by atoms with Gasteiger partial charge < -0.3 is 10.3 Å². The average molecular weight is 453 g/mol. The molecule has 0 amide bonds. The standard InChI is InChI=1S/C20H14F3N9O/c1-24-19-29-17(11-4-2-3-10-8-25-9-26-16(10)11)15-12(7-14(33)28-18(15)30-19)32(20(21,22)23)13-5-6-27-31-13/h2-9H,1H3,(H,27,31)(H2,24,28,29,30,33). The number of rotatable bonds is 4. The zero-order valence-corrected chi connectivity index (χ0v) is 16.8. The average Bonchev–Trinajstić information content (AvgIpc) is 3.30. The van der Waals surface area contributed by atoms with Gasteiger partial charge in [0.1, 0.15) is 17.8 Å². The van der Waals surface area contributed by atoms with Crippen LogP contribution in [-0.2, 0) is 0 Å². The Morgan fingerprint density at radius 2 is 2.00 bits per heavy atom. The summed E-state index contributed by atoms with van der Waals surface area (Å²) >= 11 is 0. The SMILES string of the molecule is CNc1nc(-c2cccc3cncnc23)c2c(N(c3ccn[nH]3)C(F)(F)F)cc(=O)[nH]c2n1. The maximum atomic E-state index is 14.3. The lowest BCUT2D eigenvalue weighted by atomic mass is 10.0. The first-order valence-corrected chi connectivity index (χ1v) is 9.55. The molecule has 0 saturated heterocycles. The van der Waals surface area contributed by atoms with Gasteiger partial charge in [-0.3, -0.25) is 9.89 Å². The normalized spacial score (nSPS) is 11.8. The van der Waals surface area contributed by atoms with Crippen molar-refractivity contribution in [2.45, 2.75) is 6.30 Å². The number of nitrogens with zero attached hydrogens (tertiary/aromatic N) is 6. The highest BCUT2D eigenvalue weighted by atomic mass is 19.4. The van der Waals surface area contributed by atoms with Gasteiger partial charge in [0.25, 0.3) is 5.56 Å². The Hall–Kier alpha value is -4.55. The minimum absolute atomic E-state index is 0.0216. The Morgan fingerprint density at radius 1 is 1.15 bits per heavy atom. The monoisotopic (exact) mass is 453 g/mol. The largest absolute Gasteiger partial charge is 0.490 e. The smallest absolute Gasteiger partial charge is 0.357 e. The molecular formula is C20H14F3N9O. The quantitative estimate of drug-likeness (QED) is 0.354. The molecule has 10 nitrogen and oxygen atoms in total. The predicted molar refractivity (Wildman–Crippen MR) is 115 cm³/mol. The number of para-hydroxylation sites is 1. The molecule has 0 aliphatic rings. The molecule has 0 aliphatic carbocycles. The van der Waals surface area contributed by atoms with Crippen LogP contribution >= 0.6 is 0 Å². The molecule has 0 bridgehead atoms. The van der Waals surface area contributed by atoms with Crippen LogP contribution in [0.3, 0.4) is 0 Å². The van der Waals surface area contributed by atoms with Crippen LogP contribution in [0, 0.1) is 0 Å². The lowest BCUT2D eigenvalue weighted by Crippen LogP contribution is -2.35. The number of aromatic amines is 2. The molecule has 0 spiro atoms. The summed E-state index contributed by atoms with van der Waals surface area (Å²) in [6, 6.07) is 7.17. The summed E-state index contributed by atoms with van der Waals surface area (Å²) in [6.45, 7) is 0. The van der Waals surface area contributed by atoms with Crippen LogP contribution in [0.4, 0.5) is 30.6 Å². The van der Waals surface area contributed by atoms with Crippen molar-refractivity contribution in [3.8, 4) is 11.3 Å². The Labute approximate surface area is 182 Å². The highest BCUT2D eigenvalue weighted by Crippen LogP contribution is 2.42. The van der Waals surface area contributed by atoms with Gasteiger partial charge in [-0.25, -0.2) is 19.9 Å². The fraction of sp³-hybridized carbons (Fsp3) is 0.100. The summed E-state index contributed by atoms with van der Waals surface area (Å²) in [4.78, 5) is 31.9. The zero-order valence-electron chi connectivity index (χ0n) is 16.8. The number of halogens is 3. The first-order chi connectivity index (χ1) is 15.9. The van der Waals surface area contributed by atoms with Crippen molar-refractivity contribution >= 4 is 39.4 Å². The van der Waals surface area contributed by atoms with Gasteiger partial charge in [-0.2, -0.15) is 10.1 Å². The first kappa shape index (κ1) is 20.4. The van der Waals surface area contributed by atoms with Crippen LogP contribution in [0.5, 0.6) is 0 Å². The summed E-state index contributed by atoms with van der Waals surface area (Å²) in [7, 11) is 1.56. The van der Waals surface area contributed by atoms with Crippen molar-refractivity contribution in [1.82, 2.24) is 35.1 Å². The summed E-state index contributed by atoms with van der Waals surface area (Å²) < 4.78 is 42.8. The molecule has 1 aromatic carbocycles. The number of alkyl halides is 3. The molecule has 33 heavy (non-hydrogen) atoms. The molecule has 3 N–H and O–H groups in total. The van der Waals surface area contributed by atoms with Gasteiger partial charge in [0.15, 0.2) is 0 Å². The highest BCUT2D eigenvalue weighted by Gasteiger charge is 2.41. The van der Waals surface area contributed by atoms with E-state index in [1.807, 2.05) is 0 Å². The topological polar surface area (TPSA) is 128 Å². The van der Waals surface area contributed by atoms with Gasteiger partial charge in [-0.1, -0.05) is 18.2 Å². The van der Waals surface area contributed by atoms with Crippen molar-refractivity contribution in [3.63, 3.8) is 0 Å². The number of hydrogen-bond acceptors (Lipinski definition) is 8. The van der Waals surface area contributed by atoms with E-state index in [0.717, 1.165) is 12.1 Å². The third-order valence-corrected chi connectivity index (χ3v) is 4.91. The zero-order chi connectivity index (χ0) is 23.2. The molecule has 4 heterocycles. The minimum atomic E-state index is -4.90. The summed E-state index contributed by atoms with van der Waals surface area (Å²) in [5.41, 5.74) is -0.238. The maximum Gasteiger partial charge on any atom is 0.490 e. The van der Waals surface area contributed by atoms with Crippen LogP contribution in [0.15, 0.2) is 53.8 Å². The second-order valence-electron chi connectivity index (χ2n) is 6.90. The van der Waals surface area contributed by atoms with E-state index in [1.54, 1.807) is 31.4 Å². The fourth-order valence-electron chi connectivity index (χ4n) is 3.61. The third kappa shape index (κ3) is 3.48.